The molecule has 1 amide bonds. The molecular formula is C20H22ClFN6O3. The van der Waals surface area contributed by atoms with Gasteiger partial charge in [-0.2, -0.15) is 5.01 Å². The molecule has 9 nitrogen and oxygen atoms in total. The molecule has 0 spiro atoms. The lowest BCUT2D eigenvalue weighted by atomic mass is 10.2. The van der Waals surface area contributed by atoms with Gasteiger partial charge in [-0.1, -0.05) is 29.8 Å². The van der Waals surface area contributed by atoms with E-state index in [1.807, 2.05) is 17.9 Å². The molecule has 1 aromatic heterocycles. The summed E-state index contributed by atoms with van der Waals surface area (Å²) >= 11 is 5.84. The lowest BCUT2D eigenvalue weighted by Crippen LogP contribution is -2.54. The van der Waals surface area contributed by atoms with Crippen molar-refractivity contribution in [1.29, 1.82) is 0 Å². The van der Waals surface area contributed by atoms with Gasteiger partial charge in [0.1, 0.15) is 17.5 Å². The average molecular weight is 449 g/mol. The molecule has 0 aliphatic carbocycles. The number of carbonyl (C=O) groups excluding carboxylic acids is 1. The van der Waals surface area contributed by atoms with Crippen molar-refractivity contribution in [2.24, 2.45) is 0 Å². The van der Waals surface area contributed by atoms with E-state index in [-0.39, 0.29) is 24.5 Å². The predicted molar refractivity (Wildman–Crippen MR) is 113 cm³/mol. The van der Waals surface area contributed by atoms with Crippen molar-refractivity contribution in [3.05, 3.63) is 86.3 Å². The molecule has 2 heterocycles. The first kappa shape index (κ1) is 22.4. The molecular weight excluding hydrogens is 427 g/mol. The van der Waals surface area contributed by atoms with E-state index in [4.69, 9.17) is 11.6 Å². The highest BCUT2D eigenvalue weighted by Gasteiger charge is 2.34. The summed E-state index contributed by atoms with van der Waals surface area (Å²) < 4.78 is 13.9. The smallest absolute Gasteiger partial charge is 0.302 e. The van der Waals surface area contributed by atoms with Crippen LogP contribution in [0.1, 0.15) is 22.8 Å². The zero-order chi connectivity index (χ0) is 22.5. The number of hydrogen-bond donors (Lipinski definition) is 1. The van der Waals surface area contributed by atoms with Crippen molar-refractivity contribution in [3.8, 4) is 0 Å². The van der Waals surface area contributed by atoms with Crippen molar-refractivity contribution in [2.75, 3.05) is 26.8 Å². The van der Waals surface area contributed by atoms with Crippen LogP contribution in [-0.2, 0) is 6.54 Å². The number of rotatable bonds is 7. The summed E-state index contributed by atoms with van der Waals surface area (Å²) in [7, 11) is 1.70. The first-order valence-electron chi connectivity index (χ1n) is 9.54. The van der Waals surface area contributed by atoms with Gasteiger partial charge in [-0.15, -0.1) is 0 Å². The van der Waals surface area contributed by atoms with Gasteiger partial charge in [0, 0.05) is 26.3 Å². The Bertz CT molecular complexity index is 1000. The molecule has 3 rings (SSSR count). The van der Waals surface area contributed by atoms with E-state index < -0.39 is 16.6 Å². The van der Waals surface area contributed by atoms with Crippen LogP contribution in [0, 0.1) is 15.9 Å². The van der Waals surface area contributed by atoms with Crippen LogP contribution >= 0.6 is 11.6 Å². The van der Waals surface area contributed by atoms with Crippen molar-refractivity contribution in [1.82, 2.24) is 25.2 Å². The fourth-order valence-corrected chi connectivity index (χ4v) is 3.50. The molecule has 0 atom stereocenters. The first-order valence-corrected chi connectivity index (χ1v) is 9.92. The fraction of sp³-hybridized carbons (Fsp3) is 0.300. The summed E-state index contributed by atoms with van der Waals surface area (Å²) in [5.74, 6) is -0.888. The Labute approximate surface area is 183 Å². The van der Waals surface area contributed by atoms with Crippen molar-refractivity contribution in [2.45, 2.75) is 13.5 Å². The monoisotopic (exact) mass is 448 g/mol. The highest BCUT2D eigenvalue weighted by Crippen LogP contribution is 2.23. The number of aromatic nitrogens is 1. The Morgan fingerprint density at radius 2 is 2.10 bits per heavy atom. The molecule has 1 aromatic carbocycles. The molecule has 0 fully saturated rings. The quantitative estimate of drug-likeness (QED) is 0.395. The van der Waals surface area contributed by atoms with Crippen LogP contribution < -0.4 is 5.43 Å². The molecule has 0 radical (unpaired) electrons. The minimum absolute atomic E-state index is 0.0774. The second-order valence-electron chi connectivity index (χ2n) is 6.99. The Kier molecular flexibility index (Phi) is 7.03. The molecule has 0 unspecified atom stereocenters. The van der Waals surface area contributed by atoms with Crippen molar-refractivity contribution < 1.29 is 14.1 Å². The SMILES string of the molecule is CCN(Cc1ccc(Cl)nc1)C1=C([N+](=O)[O-])CN(NC(=O)c2ccccc2F)CN1C. The number of nitrogens with one attached hydrogen (secondary N) is 1. The van der Waals surface area contributed by atoms with E-state index >= 15 is 0 Å². The maximum absolute atomic E-state index is 13.9. The zero-order valence-electron chi connectivity index (χ0n) is 17.1. The molecule has 1 aliphatic heterocycles. The lowest BCUT2D eigenvalue weighted by Gasteiger charge is -2.39. The largest absolute Gasteiger partial charge is 0.349 e. The first-order chi connectivity index (χ1) is 14.8. The van der Waals surface area contributed by atoms with Gasteiger partial charge < -0.3 is 9.80 Å². The van der Waals surface area contributed by atoms with Crippen molar-refractivity contribution >= 4 is 17.5 Å². The second-order valence-corrected chi connectivity index (χ2v) is 7.38. The molecule has 164 valence electrons. The van der Waals surface area contributed by atoms with Crippen LogP contribution in [0.15, 0.2) is 54.1 Å². The van der Waals surface area contributed by atoms with Gasteiger partial charge >= 0.3 is 5.70 Å². The maximum Gasteiger partial charge on any atom is 0.302 e. The van der Waals surface area contributed by atoms with Crippen LogP contribution in [0.3, 0.4) is 0 Å². The third-order valence-electron chi connectivity index (χ3n) is 4.79. The topological polar surface area (TPSA) is 94.8 Å². The molecule has 0 saturated heterocycles. The summed E-state index contributed by atoms with van der Waals surface area (Å²) in [5, 5.41) is 13.6. The maximum atomic E-state index is 13.9. The number of hydrogen-bond acceptors (Lipinski definition) is 7. The normalized spacial score (nSPS) is 14.5. The number of carbonyl (C=O) groups is 1. The minimum atomic E-state index is -0.669. The Balaban J connectivity index is 1.82. The number of pyridine rings is 1. The Morgan fingerprint density at radius 1 is 1.35 bits per heavy atom. The molecule has 0 saturated carbocycles. The van der Waals surface area contributed by atoms with Crippen molar-refractivity contribution in [3.63, 3.8) is 0 Å². The van der Waals surface area contributed by atoms with Gasteiger partial charge in [0.25, 0.3) is 5.91 Å². The van der Waals surface area contributed by atoms with E-state index in [1.165, 1.54) is 23.2 Å². The Morgan fingerprint density at radius 3 is 2.71 bits per heavy atom. The number of nitro groups is 1. The second kappa shape index (κ2) is 9.71. The molecule has 11 heteroatoms. The molecule has 1 aliphatic rings. The molecule has 0 bridgehead atoms. The highest BCUT2D eigenvalue weighted by atomic mass is 35.5. The Hall–Kier alpha value is -3.24. The number of halogens is 2. The summed E-state index contributed by atoms with van der Waals surface area (Å²) in [6.45, 7) is 2.86. The van der Waals surface area contributed by atoms with Gasteiger partial charge in [0.15, 0.2) is 5.82 Å². The number of amides is 1. The highest BCUT2D eigenvalue weighted by molar-refractivity contribution is 6.29. The molecule has 1 N–H and O–H groups in total. The summed E-state index contributed by atoms with van der Waals surface area (Å²) in [6.07, 6.45) is 1.63. The van der Waals surface area contributed by atoms with Crippen LogP contribution in [0.2, 0.25) is 5.15 Å². The average Bonchev–Trinajstić information content (AvgIpc) is 2.73. The fourth-order valence-electron chi connectivity index (χ4n) is 3.39. The van der Waals surface area contributed by atoms with E-state index in [9.17, 15) is 19.3 Å². The zero-order valence-corrected chi connectivity index (χ0v) is 17.8. The lowest BCUT2D eigenvalue weighted by molar-refractivity contribution is -0.434. The van der Waals surface area contributed by atoms with Crippen LogP contribution in [0.25, 0.3) is 0 Å². The summed E-state index contributed by atoms with van der Waals surface area (Å²) in [5.41, 5.74) is 3.20. The van der Waals surface area contributed by atoms with Crippen LogP contribution in [0.5, 0.6) is 0 Å². The van der Waals surface area contributed by atoms with Crippen LogP contribution in [-0.4, -0.2) is 57.4 Å². The number of benzene rings is 1. The van der Waals surface area contributed by atoms with Gasteiger partial charge in [0.2, 0.25) is 0 Å². The van der Waals surface area contributed by atoms with Gasteiger partial charge in [-0.3, -0.25) is 20.3 Å². The minimum Gasteiger partial charge on any atom is -0.349 e. The number of nitrogens with zero attached hydrogens (tertiary/aromatic N) is 5. The number of hydrazine groups is 1. The van der Waals surface area contributed by atoms with Gasteiger partial charge in [-0.05, 0) is 30.7 Å². The predicted octanol–water partition coefficient (Wildman–Crippen LogP) is 2.69. The summed E-state index contributed by atoms with van der Waals surface area (Å²) in [4.78, 5) is 31.4. The molecule has 31 heavy (non-hydrogen) atoms. The third-order valence-corrected chi connectivity index (χ3v) is 5.01. The van der Waals surface area contributed by atoms with E-state index in [1.54, 1.807) is 30.3 Å². The van der Waals surface area contributed by atoms with E-state index in [0.29, 0.717) is 24.1 Å². The molecule has 2 aromatic rings. The van der Waals surface area contributed by atoms with Gasteiger partial charge in [-0.25, -0.2) is 9.37 Å². The van der Waals surface area contributed by atoms with Gasteiger partial charge in [0.05, 0.1) is 17.2 Å². The van der Waals surface area contributed by atoms with Crippen LogP contribution in [0.4, 0.5) is 4.39 Å². The van der Waals surface area contributed by atoms with E-state index in [2.05, 4.69) is 10.4 Å². The standard InChI is InChI=1S/C20H22ClFN6O3/c1-3-26(11-14-8-9-18(21)23-10-14)20-17(28(30)31)12-27(13-25(20)2)24-19(29)15-6-4-5-7-16(15)22/h4-10H,3,11-13H2,1-2H3,(H,24,29). The third kappa shape index (κ3) is 5.28. The summed E-state index contributed by atoms with van der Waals surface area (Å²) in [6, 6.07) is 9.05. The van der Waals surface area contributed by atoms with E-state index in [0.717, 1.165) is 5.56 Å².